The first kappa shape index (κ1) is 9.52. The normalized spacial score (nSPS) is 11.3. The van der Waals surface area contributed by atoms with E-state index in [2.05, 4.69) is 0 Å². The molecule has 0 aliphatic carbocycles. The van der Waals surface area contributed by atoms with E-state index in [-0.39, 0.29) is 5.78 Å². The van der Waals surface area contributed by atoms with Gasteiger partial charge in [0.2, 0.25) is 0 Å². The highest BCUT2D eigenvalue weighted by molar-refractivity contribution is 5.93. The van der Waals surface area contributed by atoms with Gasteiger partial charge in [-0.1, -0.05) is 30.3 Å². The zero-order valence-electron chi connectivity index (χ0n) is 7.53. The van der Waals surface area contributed by atoms with Crippen molar-refractivity contribution in [1.29, 1.82) is 0 Å². The van der Waals surface area contributed by atoms with Crippen molar-refractivity contribution < 1.29 is 9.90 Å². The summed E-state index contributed by atoms with van der Waals surface area (Å²) in [4.78, 5) is 11.0. The van der Waals surface area contributed by atoms with Gasteiger partial charge in [-0.3, -0.25) is 4.79 Å². The molecule has 2 nitrogen and oxygen atoms in total. The molecule has 0 saturated heterocycles. The number of rotatable bonds is 3. The second-order valence-electron chi connectivity index (χ2n) is 2.87. The Labute approximate surface area is 77.5 Å². The van der Waals surface area contributed by atoms with Crippen LogP contribution in [0.5, 0.6) is 0 Å². The highest BCUT2D eigenvalue weighted by atomic mass is 16.2. The Bertz CT molecular complexity index is 312. The zero-order chi connectivity index (χ0) is 9.68. The molecule has 0 bridgehead atoms. The topological polar surface area (TPSA) is 37.3 Å². The highest BCUT2D eigenvalue weighted by Crippen LogP contribution is 2.07. The van der Waals surface area contributed by atoms with Gasteiger partial charge in [-0.25, -0.2) is 0 Å². The number of benzene rings is 1. The molecule has 0 unspecified atom stereocenters. The van der Waals surface area contributed by atoms with E-state index in [4.69, 9.17) is 5.11 Å². The number of allylic oxidation sites excluding steroid dienone is 1. The smallest absolute Gasteiger partial charge is 0.159 e. The van der Waals surface area contributed by atoms with Gasteiger partial charge in [-0.2, -0.15) is 0 Å². The van der Waals surface area contributed by atoms with Crippen LogP contribution in [0.15, 0.2) is 42.2 Å². The molecule has 2 heteroatoms. The van der Waals surface area contributed by atoms with Crippen LogP contribution in [0.1, 0.15) is 12.5 Å². The van der Waals surface area contributed by atoms with Crippen LogP contribution in [-0.2, 0) is 11.2 Å². The van der Waals surface area contributed by atoms with Gasteiger partial charge in [0.05, 0.1) is 6.26 Å². The second kappa shape index (κ2) is 4.45. The molecule has 1 aromatic rings. The van der Waals surface area contributed by atoms with Crippen molar-refractivity contribution in [2.24, 2.45) is 0 Å². The minimum Gasteiger partial charge on any atom is -0.515 e. The van der Waals surface area contributed by atoms with Gasteiger partial charge in [0.1, 0.15) is 0 Å². The maximum atomic E-state index is 11.0. The summed E-state index contributed by atoms with van der Waals surface area (Å²) in [5.41, 5.74) is 1.46. The molecular weight excluding hydrogens is 164 g/mol. The number of Topliss-reactive ketones (excluding diaryl/α,β-unsaturated/α-hetero) is 1. The van der Waals surface area contributed by atoms with Crippen LogP contribution in [0.25, 0.3) is 0 Å². The van der Waals surface area contributed by atoms with E-state index in [1.807, 2.05) is 30.3 Å². The number of hydrogen-bond donors (Lipinski definition) is 1. The number of carbonyl (C=O) groups is 1. The molecule has 0 aromatic heterocycles. The third-order valence-electron chi connectivity index (χ3n) is 1.85. The average Bonchev–Trinajstić information content (AvgIpc) is 2.15. The van der Waals surface area contributed by atoms with Crippen molar-refractivity contribution in [2.45, 2.75) is 13.3 Å². The minimum absolute atomic E-state index is 0.0913. The quantitative estimate of drug-likeness (QED) is 0.566. The van der Waals surface area contributed by atoms with Gasteiger partial charge in [-0.05, 0) is 12.5 Å². The Morgan fingerprint density at radius 3 is 2.46 bits per heavy atom. The lowest BCUT2D eigenvalue weighted by molar-refractivity contribution is -0.113. The van der Waals surface area contributed by atoms with Crippen molar-refractivity contribution in [3.63, 3.8) is 0 Å². The molecule has 1 N–H and O–H groups in total. The standard InChI is InChI=1S/C11H12O2/c1-9(13)11(8-12)7-10-5-3-2-4-6-10/h2-6,8,12H,7H2,1H3/b11-8-. The van der Waals surface area contributed by atoms with Gasteiger partial charge in [0.15, 0.2) is 5.78 Å². The molecule has 0 fully saturated rings. The molecule has 0 radical (unpaired) electrons. The summed E-state index contributed by atoms with van der Waals surface area (Å²) in [5.74, 6) is -0.0913. The van der Waals surface area contributed by atoms with Gasteiger partial charge in [0.25, 0.3) is 0 Å². The van der Waals surface area contributed by atoms with Crippen molar-refractivity contribution in [1.82, 2.24) is 0 Å². The number of carbonyl (C=O) groups excluding carboxylic acids is 1. The Morgan fingerprint density at radius 2 is 2.00 bits per heavy atom. The molecule has 0 spiro atoms. The predicted molar refractivity (Wildman–Crippen MR) is 51.5 cm³/mol. The molecular formula is C11H12O2. The fraction of sp³-hybridized carbons (Fsp3) is 0.182. The monoisotopic (exact) mass is 176 g/mol. The van der Waals surface area contributed by atoms with Crippen molar-refractivity contribution in [3.8, 4) is 0 Å². The predicted octanol–water partition coefficient (Wildman–Crippen LogP) is 2.26. The van der Waals surface area contributed by atoms with E-state index < -0.39 is 0 Å². The van der Waals surface area contributed by atoms with E-state index >= 15 is 0 Å². The molecule has 1 aromatic carbocycles. The summed E-state index contributed by atoms with van der Waals surface area (Å²) in [5, 5.41) is 8.77. The minimum atomic E-state index is -0.0913. The summed E-state index contributed by atoms with van der Waals surface area (Å²) >= 11 is 0. The van der Waals surface area contributed by atoms with Gasteiger partial charge in [0, 0.05) is 12.0 Å². The fourth-order valence-electron chi connectivity index (χ4n) is 1.08. The van der Waals surface area contributed by atoms with Crippen molar-refractivity contribution >= 4 is 5.78 Å². The molecule has 0 saturated carbocycles. The summed E-state index contributed by atoms with van der Waals surface area (Å²) in [6.45, 7) is 1.45. The summed E-state index contributed by atoms with van der Waals surface area (Å²) in [7, 11) is 0. The maximum absolute atomic E-state index is 11.0. The Morgan fingerprint density at radius 1 is 1.38 bits per heavy atom. The van der Waals surface area contributed by atoms with E-state index in [0.717, 1.165) is 11.8 Å². The van der Waals surface area contributed by atoms with Gasteiger partial charge in [-0.15, -0.1) is 0 Å². The fourth-order valence-corrected chi connectivity index (χ4v) is 1.08. The number of hydrogen-bond acceptors (Lipinski definition) is 2. The summed E-state index contributed by atoms with van der Waals surface area (Å²) in [6, 6.07) is 9.58. The Balaban J connectivity index is 2.74. The Kier molecular flexibility index (Phi) is 3.26. The molecule has 0 amide bonds. The highest BCUT2D eigenvalue weighted by Gasteiger charge is 2.04. The van der Waals surface area contributed by atoms with E-state index in [0.29, 0.717) is 12.0 Å². The first-order chi connectivity index (χ1) is 6.24. The first-order valence-corrected chi connectivity index (χ1v) is 4.12. The lowest BCUT2D eigenvalue weighted by Gasteiger charge is -2.01. The largest absolute Gasteiger partial charge is 0.515 e. The molecule has 1 rings (SSSR count). The number of aliphatic hydroxyl groups excluding tert-OH is 1. The zero-order valence-corrected chi connectivity index (χ0v) is 7.53. The van der Waals surface area contributed by atoms with Crippen LogP contribution < -0.4 is 0 Å². The SMILES string of the molecule is CC(=O)/C(=C\O)Cc1ccccc1. The summed E-state index contributed by atoms with van der Waals surface area (Å²) in [6.07, 6.45) is 1.38. The van der Waals surface area contributed by atoms with Crippen molar-refractivity contribution in [2.75, 3.05) is 0 Å². The average molecular weight is 176 g/mol. The number of ketones is 1. The lowest BCUT2D eigenvalue weighted by Crippen LogP contribution is -2.00. The molecule has 0 heterocycles. The van der Waals surface area contributed by atoms with E-state index in [1.165, 1.54) is 6.92 Å². The van der Waals surface area contributed by atoms with Gasteiger partial charge < -0.3 is 5.11 Å². The van der Waals surface area contributed by atoms with Crippen LogP contribution >= 0.6 is 0 Å². The summed E-state index contributed by atoms with van der Waals surface area (Å²) < 4.78 is 0. The maximum Gasteiger partial charge on any atom is 0.159 e. The molecule has 0 aliphatic heterocycles. The molecule has 13 heavy (non-hydrogen) atoms. The third-order valence-corrected chi connectivity index (χ3v) is 1.85. The Hall–Kier alpha value is -1.57. The lowest BCUT2D eigenvalue weighted by atomic mass is 10.0. The van der Waals surface area contributed by atoms with Crippen LogP contribution in [0, 0.1) is 0 Å². The van der Waals surface area contributed by atoms with Crippen molar-refractivity contribution in [3.05, 3.63) is 47.7 Å². The van der Waals surface area contributed by atoms with Crippen LogP contribution in [0.4, 0.5) is 0 Å². The van der Waals surface area contributed by atoms with Gasteiger partial charge >= 0.3 is 0 Å². The third kappa shape index (κ3) is 2.75. The van der Waals surface area contributed by atoms with Crippen LogP contribution in [0.2, 0.25) is 0 Å². The molecule has 68 valence electrons. The van der Waals surface area contributed by atoms with E-state index in [9.17, 15) is 4.79 Å². The van der Waals surface area contributed by atoms with E-state index in [1.54, 1.807) is 0 Å². The van der Waals surface area contributed by atoms with Crippen LogP contribution in [0.3, 0.4) is 0 Å². The van der Waals surface area contributed by atoms with Crippen LogP contribution in [-0.4, -0.2) is 10.9 Å². The second-order valence-corrected chi connectivity index (χ2v) is 2.87. The first-order valence-electron chi connectivity index (χ1n) is 4.12. The molecule has 0 aliphatic rings. The molecule has 0 atom stereocenters. The number of aliphatic hydroxyl groups is 1.